The minimum absolute atomic E-state index is 0.113. The Labute approximate surface area is 172 Å². The van der Waals surface area contributed by atoms with Crippen molar-refractivity contribution < 1.29 is 23.8 Å². The number of nitrogens with zero attached hydrogens (tertiary/aromatic N) is 1. The van der Waals surface area contributed by atoms with Gasteiger partial charge in [0.25, 0.3) is 0 Å². The van der Waals surface area contributed by atoms with Gasteiger partial charge in [-0.1, -0.05) is 45.4 Å². The van der Waals surface area contributed by atoms with Crippen LogP contribution in [0.1, 0.15) is 51.7 Å². The molecule has 6 nitrogen and oxygen atoms in total. The summed E-state index contributed by atoms with van der Waals surface area (Å²) in [5, 5.41) is 0.763. The van der Waals surface area contributed by atoms with Gasteiger partial charge in [0.15, 0.2) is 6.10 Å². The number of carbonyl (C=O) groups excluding carboxylic acids is 2. The van der Waals surface area contributed by atoms with Crippen molar-refractivity contribution in [1.82, 2.24) is 4.57 Å². The van der Waals surface area contributed by atoms with E-state index in [1.165, 1.54) is 18.8 Å². The Bertz CT molecular complexity index is 871. The lowest BCUT2D eigenvalue weighted by atomic mass is 9.75. The fourth-order valence-electron chi connectivity index (χ4n) is 4.48. The summed E-state index contributed by atoms with van der Waals surface area (Å²) < 4.78 is 17.8. The van der Waals surface area contributed by atoms with Crippen molar-refractivity contribution in [2.75, 3.05) is 14.2 Å². The van der Waals surface area contributed by atoms with Crippen LogP contribution in [-0.4, -0.2) is 37.0 Å². The summed E-state index contributed by atoms with van der Waals surface area (Å²) in [7, 11) is 2.81. The van der Waals surface area contributed by atoms with Crippen LogP contribution >= 0.6 is 0 Å². The van der Waals surface area contributed by atoms with Crippen molar-refractivity contribution >= 4 is 23.0 Å². The minimum atomic E-state index is -0.907. The summed E-state index contributed by atoms with van der Waals surface area (Å²) in [6.45, 7) is 6.56. The summed E-state index contributed by atoms with van der Waals surface area (Å²) in [5.74, 6) is 0.918. The molecule has 6 heteroatoms. The van der Waals surface area contributed by atoms with Crippen molar-refractivity contribution in [3.63, 3.8) is 0 Å². The monoisotopic (exact) mass is 401 g/mol. The van der Waals surface area contributed by atoms with E-state index in [0.29, 0.717) is 28.8 Å². The third-order valence-electron chi connectivity index (χ3n) is 6.08. The van der Waals surface area contributed by atoms with Gasteiger partial charge in [-0.3, -0.25) is 4.57 Å². The van der Waals surface area contributed by atoms with E-state index in [0.717, 1.165) is 24.6 Å². The Morgan fingerprint density at radius 2 is 1.86 bits per heavy atom. The smallest absolute Gasteiger partial charge is 0.418 e. The number of rotatable bonds is 5. The Balaban J connectivity index is 1.91. The molecule has 0 aliphatic heterocycles. The highest BCUT2D eigenvalue weighted by Crippen LogP contribution is 2.37. The van der Waals surface area contributed by atoms with Gasteiger partial charge in [0, 0.05) is 24.3 Å². The number of fused-ring (bicyclic) bond motifs is 1. The molecule has 0 unspecified atom stereocenters. The normalized spacial score (nSPS) is 23.2. The molecule has 1 aliphatic carbocycles. The number of hydrogen-bond donors (Lipinski definition) is 0. The van der Waals surface area contributed by atoms with Gasteiger partial charge < -0.3 is 14.2 Å². The summed E-state index contributed by atoms with van der Waals surface area (Å²) in [6.07, 6.45) is 3.17. The van der Waals surface area contributed by atoms with Crippen LogP contribution in [0.2, 0.25) is 0 Å². The largest absolute Gasteiger partial charge is 0.460 e. The van der Waals surface area contributed by atoms with E-state index in [1.807, 2.05) is 24.3 Å². The molecule has 1 fully saturated rings. The number of benzene rings is 1. The van der Waals surface area contributed by atoms with Gasteiger partial charge >= 0.3 is 12.1 Å². The second-order valence-electron chi connectivity index (χ2n) is 8.36. The maximum Gasteiger partial charge on any atom is 0.418 e. The Kier molecular flexibility index (Phi) is 6.63. The second kappa shape index (κ2) is 8.99. The third-order valence-corrected chi connectivity index (χ3v) is 6.08. The molecule has 1 aromatic carbocycles. The SMILES string of the molecule is COC(=O)n1cc([C@@H](OC)C(=O)O[C@@H]2C[C@H](C)CC[C@H]2C(C)C)c2ccccc21. The zero-order valence-electron chi connectivity index (χ0n) is 17.9. The van der Waals surface area contributed by atoms with Crippen LogP contribution in [0.15, 0.2) is 30.5 Å². The summed E-state index contributed by atoms with van der Waals surface area (Å²) in [4.78, 5) is 25.3. The maximum absolute atomic E-state index is 13.1. The molecule has 1 heterocycles. The number of para-hydroxylation sites is 1. The number of ether oxygens (including phenoxy) is 3. The van der Waals surface area contributed by atoms with Crippen LogP contribution in [0.4, 0.5) is 4.79 Å². The molecule has 0 bridgehead atoms. The van der Waals surface area contributed by atoms with Gasteiger partial charge in [0.2, 0.25) is 0 Å². The summed E-state index contributed by atoms with van der Waals surface area (Å²) in [5.41, 5.74) is 1.26. The molecule has 1 aromatic heterocycles. The van der Waals surface area contributed by atoms with Crippen molar-refractivity contribution in [3.8, 4) is 0 Å². The number of hydrogen-bond acceptors (Lipinski definition) is 5. The van der Waals surface area contributed by atoms with E-state index >= 15 is 0 Å². The molecule has 0 amide bonds. The van der Waals surface area contributed by atoms with E-state index in [4.69, 9.17) is 14.2 Å². The topological polar surface area (TPSA) is 66.8 Å². The molecule has 0 spiro atoms. The summed E-state index contributed by atoms with van der Waals surface area (Å²) in [6, 6.07) is 7.37. The molecule has 1 aliphatic rings. The highest BCUT2D eigenvalue weighted by atomic mass is 16.6. The molecule has 158 valence electrons. The maximum atomic E-state index is 13.1. The lowest BCUT2D eigenvalue weighted by Crippen LogP contribution is -2.37. The van der Waals surface area contributed by atoms with Crippen LogP contribution in [0.5, 0.6) is 0 Å². The lowest BCUT2D eigenvalue weighted by molar-refractivity contribution is -0.168. The first-order valence-corrected chi connectivity index (χ1v) is 10.3. The zero-order chi connectivity index (χ0) is 21.1. The number of carbonyl (C=O) groups is 2. The average Bonchev–Trinajstić information content (AvgIpc) is 3.07. The average molecular weight is 402 g/mol. The number of esters is 1. The van der Waals surface area contributed by atoms with Gasteiger partial charge in [-0.05, 0) is 36.7 Å². The first-order valence-electron chi connectivity index (χ1n) is 10.3. The number of aromatic nitrogens is 1. The van der Waals surface area contributed by atoms with Gasteiger partial charge in [-0.25, -0.2) is 9.59 Å². The van der Waals surface area contributed by atoms with Crippen LogP contribution < -0.4 is 0 Å². The molecule has 0 N–H and O–H groups in total. The molecule has 2 aromatic rings. The van der Waals surface area contributed by atoms with Crippen LogP contribution in [0, 0.1) is 17.8 Å². The fourth-order valence-corrected chi connectivity index (χ4v) is 4.48. The van der Waals surface area contributed by atoms with Crippen molar-refractivity contribution in [2.24, 2.45) is 17.8 Å². The van der Waals surface area contributed by atoms with Crippen LogP contribution in [0.25, 0.3) is 10.9 Å². The molecular formula is C23H31NO5. The van der Waals surface area contributed by atoms with E-state index in [2.05, 4.69) is 20.8 Å². The van der Waals surface area contributed by atoms with E-state index in [1.54, 1.807) is 6.20 Å². The second-order valence-corrected chi connectivity index (χ2v) is 8.36. The predicted octanol–water partition coefficient (Wildman–Crippen LogP) is 4.95. The molecule has 3 rings (SSSR count). The molecule has 0 radical (unpaired) electrons. The molecule has 29 heavy (non-hydrogen) atoms. The molecule has 4 atom stereocenters. The van der Waals surface area contributed by atoms with E-state index in [-0.39, 0.29) is 6.10 Å². The van der Waals surface area contributed by atoms with E-state index in [9.17, 15) is 9.59 Å². The quantitative estimate of drug-likeness (QED) is 0.664. The third kappa shape index (κ3) is 4.32. The fraction of sp³-hybridized carbons (Fsp3) is 0.565. The van der Waals surface area contributed by atoms with Crippen LogP contribution in [0.3, 0.4) is 0 Å². The van der Waals surface area contributed by atoms with Crippen molar-refractivity contribution in [1.29, 1.82) is 0 Å². The standard InChI is InChI=1S/C23H31NO5/c1-14(2)16-11-10-15(3)12-20(16)29-22(25)21(27-4)18-13-24(23(26)28-5)19-9-7-6-8-17(18)19/h6-9,13-16,20-21H,10-12H2,1-5H3/t15-,16+,20-,21-/m1/s1. The summed E-state index contributed by atoms with van der Waals surface area (Å²) >= 11 is 0. The first-order chi connectivity index (χ1) is 13.9. The predicted molar refractivity (Wildman–Crippen MR) is 111 cm³/mol. The minimum Gasteiger partial charge on any atom is -0.460 e. The lowest BCUT2D eigenvalue weighted by Gasteiger charge is -2.37. The Morgan fingerprint density at radius 3 is 2.52 bits per heavy atom. The molecule has 1 saturated carbocycles. The van der Waals surface area contributed by atoms with Gasteiger partial charge in [-0.2, -0.15) is 0 Å². The number of methoxy groups -OCH3 is 2. The molecular weight excluding hydrogens is 370 g/mol. The van der Waals surface area contributed by atoms with Gasteiger partial charge in [0.05, 0.1) is 12.6 Å². The first kappa shape index (κ1) is 21.4. The highest BCUT2D eigenvalue weighted by molar-refractivity contribution is 5.95. The van der Waals surface area contributed by atoms with Gasteiger partial charge in [-0.15, -0.1) is 0 Å². The Hall–Kier alpha value is -2.34. The molecule has 0 saturated heterocycles. The van der Waals surface area contributed by atoms with Crippen molar-refractivity contribution in [2.45, 2.75) is 52.2 Å². The Morgan fingerprint density at radius 1 is 1.14 bits per heavy atom. The van der Waals surface area contributed by atoms with E-state index < -0.39 is 18.2 Å². The van der Waals surface area contributed by atoms with Crippen molar-refractivity contribution in [3.05, 3.63) is 36.0 Å². The van der Waals surface area contributed by atoms with Gasteiger partial charge in [0.1, 0.15) is 6.10 Å². The zero-order valence-corrected chi connectivity index (χ0v) is 17.9. The highest BCUT2D eigenvalue weighted by Gasteiger charge is 2.36. The van der Waals surface area contributed by atoms with Crippen LogP contribution in [-0.2, 0) is 19.0 Å².